The Morgan fingerprint density at radius 1 is 1.36 bits per heavy atom. The minimum Gasteiger partial charge on any atom is -0.464 e. The van der Waals surface area contributed by atoms with Crippen molar-refractivity contribution in [1.82, 2.24) is 4.57 Å². The van der Waals surface area contributed by atoms with Gasteiger partial charge in [0.1, 0.15) is 16.4 Å². The molecule has 118 valence electrons. The quantitative estimate of drug-likeness (QED) is 0.862. The molecule has 2 rings (SSSR count). The number of methoxy groups -OCH3 is 1. The molecule has 0 aliphatic carbocycles. The number of aryl methyl sites for hydroxylation is 1. The Bertz CT molecular complexity index is 833. The largest absolute Gasteiger partial charge is 0.464 e. The molecule has 0 bridgehead atoms. The second kappa shape index (κ2) is 5.98. The fourth-order valence-corrected chi connectivity index (χ4v) is 3.06. The molecule has 0 amide bonds. The van der Waals surface area contributed by atoms with Crippen molar-refractivity contribution in [3.63, 3.8) is 0 Å². The SMILES string of the molecule is COC(=O)c1cc(S(=O)(=O)Nc2ccc(Cl)cc2F)cn1C. The Kier molecular flexibility index (Phi) is 4.43. The molecule has 0 radical (unpaired) electrons. The molecule has 6 nitrogen and oxygen atoms in total. The second-order valence-corrected chi connectivity index (χ2v) is 6.51. The van der Waals surface area contributed by atoms with Crippen LogP contribution in [-0.2, 0) is 21.8 Å². The number of benzene rings is 1. The summed E-state index contributed by atoms with van der Waals surface area (Å²) in [6.07, 6.45) is 1.22. The van der Waals surface area contributed by atoms with Crippen LogP contribution in [0.25, 0.3) is 0 Å². The molecule has 0 unspecified atom stereocenters. The van der Waals surface area contributed by atoms with Crippen LogP contribution < -0.4 is 4.72 Å². The molecule has 2 aromatic rings. The zero-order chi connectivity index (χ0) is 16.5. The Labute approximate surface area is 131 Å². The summed E-state index contributed by atoms with van der Waals surface area (Å²) in [7, 11) is -1.37. The molecule has 1 N–H and O–H groups in total. The number of sulfonamides is 1. The number of rotatable bonds is 4. The van der Waals surface area contributed by atoms with E-state index in [1.807, 2.05) is 0 Å². The lowest BCUT2D eigenvalue weighted by atomic mass is 10.3. The number of nitrogens with zero attached hydrogens (tertiary/aromatic N) is 1. The molecule has 1 aromatic heterocycles. The summed E-state index contributed by atoms with van der Waals surface area (Å²) in [6.45, 7) is 0. The van der Waals surface area contributed by atoms with Crippen LogP contribution in [0.1, 0.15) is 10.5 Å². The summed E-state index contributed by atoms with van der Waals surface area (Å²) in [5.74, 6) is -1.48. The van der Waals surface area contributed by atoms with E-state index in [-0.39, 0.29) is 21.3 Å². The van der Waals surface area contributed by atoms with Crippen molar-refractivity contribution in [2.75, 3.05) is 11.8 Å². The average molecular weight is 347 g/mol. The average Bonchev–Trinajstić information content (AvgIpc) is 2.84. The molecular formula is C13H12ClFN2O4S. The van der Waals surface area contributed by atoms with Gasteiger partial charge >= 0.3 is 5.97 Å². The summed E-state index contributed by atoms with van der Waals surface area (Å²) in [5.41, 5.74) is -0.188. The number of ether oxygens (including phenoxy) is 1. The lowest BCUT2D eigenvalue weighted by Crippen LogP contribution is -2.13. The van der Waals surface area contributed by atoms with E-state index in [2.05, 4.69) is 9.46 Å². The van der Waals surface area contributed by atoms with Crippen molar-refractivity contribution >= 4 is 33.3 Å². The number of halogens is 2. The van der Waals surface area contributed by atoms with E-state index in [1.54, 1.807) is 0 Å². The Morgan fingerprint density at radius 3 is 2.64 bits per heavy atom. The highest BCUT2D eigenvalue weighted by atomic mass is 35.5. The van der Waals surface area contributed by atoms with Gasteiger partial charge in [-0.05, 0) is 24.3 Å². The lowest BCUT2D eigenvalue weighted by Gasteiger charge is -2.07. The summed E-state index contributed by atoms with van der Waals surface area (Å²) < 4.78 is 46.1. The molecule has 1 aromatic carbocycles. The van der Waals surface area contributed by atoms with Crippen molar-refractivity contribution in [3.8, 4) is 0 Å². The summed E-state index contributed by atoms with van der Waals surface area (Å²) >= 11 is 5.61. The van der Waals surface area contributed by atoms with Crippen LogP contribution in [0.5, 0.6) is 0 Å². The monoisotopic (exact) mass is 346 g/mol. The van der Waals surface area contributed by atoms with Gasteiger partial charge in [0.15, 0.2) is 0 Å². The van der Waals surface area contributed by atoms with Gasteiger partial charge in [0.25, 0.3) is 10.0 Å². The maximum atomic E-state index is 13.7. The van der Waals surface area contributed by atoms with Gasteiger partial charge in [-0.1, -0.05) is 11.6 Å². The molecule has 9 heteroatoms. The number of aromatic nitrogens is 1. The van der Waals surface area contributed by atoms with Gasteiger partial charge in [-0.15, -0.1) is 0 Å². The fourth-order valence-electron chi connectivity index (χ4n) is 1.76. The number of esters is 1. The summed E-state index contributed by atoms with van der Waals surface area (Å²) in [5, 5.41) is 0.146. The molecule has 22 heavy (non-hydrogen) atoms. The lowest BCUT2D eigenvalue weighted by molar-refractivity contribution is 0.0590. The predicted molar refractivity (Wildman–Crippen MR) is 79.0 cm³/mol. The maximum absolute atomic E-state index is 13.7. The van der Waals surface area contributed by atoms with Crippen LogP contribution >= 0.6 is 11.6 Å². The number of nitrogens with one attached hydrogen (secondary N) is 1. The van der Waals surface area contributed by atoms with E-state index in [0.29, 0.717) is 0 Å². The normalized spacial score (nSPS) is 11.3. The highest BCUT2D eigenvalue weighted by molar-refractivity contribution is 7.92. The third-order valence-corrected chi connectivity index (χ3v) is 4.43. The van der Waals surface area contributed by atoms with Gasteiger partial charge in [0.2, 0.25) is 0 Å². The first-order chi connectivity index (χ1) is 10.2. The third kappa shape index (κ3) is 3.23. The molecule has 0 saturated heterocycles. The topological polar surface area (TPSA) is 77.4 Å². The smallest absolute Gasteiger partial charge is 0.354 e. The number of hydrogen-bond donors (Lipinski definition) is 1. The van der Waals surface area contributed by atoms with Crippen LogP contribution in [-0.4, -0.2) is 26.1 Å². The predicted octanol–water partition coefficient (Wildman–Crippen LogP) is 2.41. The fraction of sp³-hybridized carbons (Fsp3) is 0.154. The zero-order valence-electron chi connectivity index (χ0n) is 11.6. The van der Waals surface area contributed by atoms with Crippen molar-refractivity contribution in [1.29, 1.82) is 0 Å². The Hall–Kier alpha value is -2.06. The third-order valence-electron chi connectivity index (χ3n) is 2.86. The van der Waals surface area contributed by atoms with Gasteiger partial charge in [0, 0.05) is 18.3 Å². The molecule has 0 saturated carbocycles. The molecule has 0 aliphatic rings. The minimum atomic E-state index is -4.05. The van der Waals surface area contributed by atoms with Crippen LogP contribution in [0.2, 0.25) is 5.02 Å². The van der Waals surface area contributed by atoms with Crippen LogP contribution in [0.4, 0.5) is 10.1 Å². The van der Waals surface area contributed by atoms with Gasteiger partial charge < -0.3 is 9.30 Å². The molecular weight excluding hydrogens is 335 g/mol. The van der Waals surface area contributed by atoms with Gasteiger partial charge in [-0.25, -0.2) is 17.6 Å². The van der Waals surface area contributed by atoms with Gasteiger partial charge in [-0.2, -0.15) is 0 Å². The van der Waals surface area contributed by atoms with Crippen molar-refractivity contribution < 1.29 is 22.3 Å². The molecule has 0 fully saturated rings. The number of carbonyl (C=O) groups excluding carboxylic acids is 1. The standard InChI is InChI=1S/C13H12ClFN2O4S/c1-17-7-9(6-12(17)13(18)21-2)22(19,20)16-11-4-3-8(14)5-10(11)15/h3-7,16H,1-2H3. The van der Waals surface area contributed by atoms with Crippen LogP contribution in [0.15, 0.2) is 35.4 Å². The minimum absolute atomic E-state index is 0.0550. The highest BCUT2D eigenvalue weighted by Gasteiger charge is 2.22. The van der Waals surface area contributed by atoms with Crippen molar-refractivity contribution in [3.05, 3.63) is 47.0 Å². The first kappa shape index (κ1) is 16.3. The highest BCUT2D eigenvalue weighted by Crippen LogP contribution is 2.23. The maximum Gasteiger partial charge on any atom is 0.354 e. The number of hydrogen-bond acceptors (Lipinski definition) is 4. The summed E-state index contributed by atoms with van der Waals surface area (Å²) in [4.78, 5) is 11.3. The Balaban J connectivity index is 2.37. The van der Waals surface area contributed by atoms with Gasteiger partial charge in [0.05, 0.1) is 12.8 Å². The molecule has 0 aliphatic heterocycles. The van der Waals surface area contributed by atoms with Gasteiger partial charge in [-0.3, -0.25) is 4.72 Å². The zero-order valence-corrected chi connectivity index (χ0v) is 13.2. The number of carbonyl (C=O) groups is 1. The van der Waals surface area contributed by atoms with Crippen LogP contribution in [0.3, 0.4) is 0 Å². The van der Waals surface area contributed by atoms with E-state index < -0.39 is 21.8 Å². The summed E-state index contributed by atoms with van der Waals surface area (Å²) in [6, 6.07) is 4.69. The van der Waals surface area contributed by atoms with Crippen molar-refractivity contribution in [2.45, 2.75) is 4.90 Å². The first-order valence-corrected chi connectivity index (χ1v) is 7.83. The van der Waals surface area contributed by atoms with E-state index in [4.69, 9.17) is 11.6 Å². The molecule has 0 spiro atoms. The molecule has 0 atom stereocenters. The Morgan fingerprint density at radius 2 is 2.05 bits per heavy atom. The van der Waals surface area contributed by atoms with Crippen LogP contribution in [0, 0.1) is 5.82 Å². The first-order valence-electron chi connectivity index (χ1n) is 5.97. The van der Waals surface area contributed by atoms with E-state index >= 15 is 0 Å². The van der Waals surface area contributed by atoms with Crippen molar-refractivity contribution in [2.24, 2.45) is 7.05 Å². The van der Waals surface area contributed by atoms with E-state index in [1.165, 1.54) is 37.1 Å². The number of anilines is 1. The second-order valence-electron chi connectivity index (χ2n) is 4.39. The molecule has 1 heterocycles. The van der Waals surface area contributed by atoms with E-state index in [0.717, 1.165) is 12.1 Å². The van der Waals surface area contributed by atoms with E-state index in [9.17, 15) is 17.6 Å².